The molecule has 0 fully saturated rings. The number of hydrogen-bond acceptors (Lipinski definition) is 4. The predicted molar refractivity (Wildman–Crippen MR) is 85.6 cm³/mol. The number of benzene rings is 1. The molecule has 0 radical (unpaired) electrons. The van der Waals surface area contributed by atoms with Crippen molar-refractivity contribution in [2.75, 3.05) is 5.43 Å². The Morgan fingerprint density at radius 2 is 1.83 bits per heavy atom. The molecular weight excluding hydrogens is 308 g/mol. The maximum absolute atomic E-state index is 12.3. The first-order valence-electron chi connectivity index (χ1n) is 7.46. The number of hydrogen-bond donors (Lipinski definition) is 1. The standard InChI is InChI=1S/C18H16N2O4/c21-17(22)11-9-14-8-10-15(13-5-2-1-3-6-13)20(14)19-18(23)16-7-4-12-24-16/h1-8,10,12H,9,11H2,(H,19,23)(H,21,22)/p-1. The lowest BCUT2D eigenvalue weighted by atomic mass is 10.2. The smallest absolute Gasteiger partial charge is 0.305 e. The fourth-order valence-electron chi connectivity index (χ4n) is 2.43. The van der Waals surface area contributed by atoms with Gasteiger partial charge in [-0.2, -0.15) is 0 Å². The SMILES string of the molecule is O=C([O-])CCc1ccc(-c2ccccc2)n1NC(=O)c1ccco1. The van der Waals surface area contributed by atoms with Crippen LogP contribution in [0.1, 0.15) is 22.7 Å². The molecule has 0 saturated heterocycles. The Bertz CT molecular complexity index is 835. The fraction of sp³-hybridized carbons (Fsp3) is 0.111. The van der Waals surface area contributed by atoms with E-state index in [-0.39, 0.29) is 18.6 Å². The van der Waals surface area contributed by atoms with Crippen LogP contribution in [-0.4, -0.2) is 16.6 Å². The van der Waals surface area contributed by atoms with Gasteiger partial charge in [0.2, 0.25) is 0 Å². The molecule has 6 heteroatoms. The average Bonchev–Trinajstić information content (AvgIpc) is 3.24. The zero-order valence-corrected chi connectivity index (χ0v) is 12.8. The lowest BCUT2D eigenvalue weighted by molar-refractivity contribution is -0.305. The van der Waals surface area contributed by atoms with Gasteiger partial charge in [-0.1, -0.05) is 30.3 Å². The molecule has 1 amide bonds. The maximum atomic E-state index is 12.3. The molecule has 2 aromatic heterocycles. The van der Waals surface area contributed by atoms with Gasteiger partial charge in [-0.05, 0) is 37.1 Å². The number of aliphatic carboxylic acids is 1. The molecule has 1 N–H and O–H groups in total. The molecular formula is C18H15N2O4-. The van der Waals surface area contributed by atoms with E-state index >= 15 is 0 Å². The Hall–Kier alpha value is -3.28. The van der Waals surface area contributed by atoms with Crippen LogP contribution in [0.3, 0.4) is 0 Å². The van der Waals surface area contributed by atoms with Crippen LogP contribution in [0, 0.1) is 0 Å². The molecule has 0 unspecified atom stereocenters. The van der Waals surface area contributed by atoms with Crippen molar-refractivity contribution >= 4 is 11.9 Å². The van der Waals surface area contributed by atoms with E-state index in [2.05, 4.69) is 5.43 Å². The van der Waals surface area contributed by atoms with Crippen molar-refractivity contribution in [2.45, 2.75) is 12.8 Å². The molecule has 3 aromatic rings. The van der Waals surface area contributed by atoms with E-state index in [1.807, 2.05) is 36.4 Å². The van der Waals surface area contributed by atoms with Crippen molar-refractivity contribution < 1.29 is 19.1 Å². The van der Waals surface area contributed by atoms with Crippen LogP contribution < -0.4 is 10.5 Å². The van der Waals surface area contributed by atoms with Gasteiger partial charge in [0.05, 0.1) is 12.0 Å². The monoisotopic (exact) mass is 323 g/mol. The summed E-state index contributed by atoms with van der Waals surface area (Å²) in [4.78, 5) is 23.0. The van der Waals surface area contributed by atoms with Crippen LogP contribution in [0.15, 0.2) is 65.3 Å². The van der Waals surface area contributed by atoms with E-state index in [0.717, 1.165) is 11.3 Å². The average molecular weight is 323 g/mol. The number of carboxylic acid groups (broad SMARTS) is 1. The van der Waals surface area contributed by atoms with Crippen LogP contribution in [-0.2, 0) is 11.2 Å². The lowest BCUT2D eigenvalue weighted by Gasteiger charge is -2.14. The van der Waals surface area contributed by atoms with Crippen molar-refractivity contribution in [2.24, 2.45) is 0 Å². The van der Waals surface area contributed by atoms with Gasteiger partial charge in [0.1, 0.15) is 0 Å². The van der Waals surface area contributed by atoms with E-state index in [0.29, 0.717) is 5.69 Å². The second kappa shape index (κ2) is 6.87. The second-order valence-electron chi connectivity index (χ2n) is 5.20. The number of amides is 1. The maximum Gasteiger partial charge on any atom is 0.305 e. The van der Waals surface area contributed by atoms with Crippen molar-refractivity contribution in [3.8, 4) is 11.3 Å². The van der Waals surface area contributed by atoms with Crippen LogP contribution >= 0.6 is 0 Å². The Kier molecular flexibility index (Phi) is 4.47. The summed E-state index contributed by atoms with van der Waals surface area (Å²) in [6.07, 6.45) is 1.53. The second-order valence-corrected chi connectivity index (χ2v) is 5.20. The zero-order valence-electron chi connectivity index (χ0n) is 12.8. The quantitative estimate of drug-likeness (QED) is 0.749. The number of aromatic nitrogens is 1. The Labute approximate surface area is 138 Å². The molecule has 6 nitrogen and oxygen atoms in total. The topological polar surface area (TPSA) is 87.3 Å². The summed E-state index contributed by atoms with van der Waals surface area (Å²) in [7, 11) is 0. The highest BCUT2D eigenvalue weighted by Crippen LogP contribution is 2.22. The van der Waals surface area contributed by atoms with Gasteiger partial charge in [0.15, 0.2) is 5.76 Å². The van der Waals surface area contributed by atoms with Gasteiger partial charge in [-0.25, -0.2) is 0 Å². The minimum absolute atomic E-state index is 0.130. The van der Waals surface area contributed by atoms with Gasteiger partial charge < -0.3 is 14.3 Å². The molecule has 0 bridgehead atoms. The Balaban J connectivity index is 1.94. The molecule has 0 saturated carbocycles. The number of aryl methyl sites for hydroxylation is 1. The molecule has 1 aromatic carbocycles. The first-order valence-corrected chi connectivity index (χ1v) is 7.46. The van der Waals surface area contributed by atoms with Gasteiger partial charge in [0, 0.05) is 17.2 Å². The lowest BCUT2D eigenvalue weighted by Crippen LogP contribution is -2.27. The Morgan fingerprint density at radius 1 is 1.04 bits per heavy atom. The number of carbonyl (C=O) groups excluding carboxylic acids is 2. The van der Waals surface area contributed by atoms with Crippen molar-refractivity contribution in [1.82, 2.24) is 4.68 Å². The van der Waals surface area contributed by atoms with Crippen LogP contribution in [0.4, 0.5) is 0 Å². The summed E-state index contributed by atoms with van der Waals surface area (Å²) < 4.78 is 6.68. The van der Waals surface area contributed by atoms with Crippen LogP contribution in [0.5, 0.6) is 0 Å². The third-order valence-electron chi connectivity index (χ3n) is 3.57. The molecule has 0 atom stereocenters. The minimum Gasteiger partial charge on any atom is -0.550 e. The number of carbonyl (C=O) groups is 2. The summed E-state index contributed by atoms with van der Waals surface area (Å²) in [6.45, 7) is 0. The zero-order chi connectivity index (χ0) is 16.9. The van der Waals surface area contributed by atoms with Gasteiger partial charge in [0.25, 0.3) is 0 Å². The largest absolute Gasteiger partial charge is 0.550 e. The molecule has 0 aliphatic carbocycles. The first kappa shape index (κ1) is 15.6. The summed E-state index contributed by atoms with van der Waals surface area (Å²) in [6, 6.07) is 16.3. The third kappa shape index (κ3) is 3.38. The highest BCUT2D eigenvalue weighted by Gasteiger charge is 2.15. The van der Waals surface area contributed by atoms with Crippen molar-refractivity contribution in [3.05, 3.63) is 72.3 Å². The number of carboxylic acids is 1. The van der Waals surface area contributed by atoms with Crippen LogP contribution in [0.2, 0.25) is 0 Å². The van der Waals surface area contributed by atoms with Gasteiger partial charge >= 0.3 is 5.91 Å². The van der Waals surface area contributed by atoms with Gasteiger partial charge in [-0.15, -0.1) is 0 Å². The first-order chi connectivity index (χ1) is 11.6. The highest BCUT2D eigenvalue weighted by molar-refractivity contribution is 5.98. The molecule has 2 heterocycles. The summed E-state index contributed by atoms with van der Waals surface area (Å²) in [5.74, 6) is -1.38. The summed E-state index contributed by atoms with van der Waals surface area (Å²) in [5, 5.41) is 10.7. The summed E-state index contributed by atoms with van der Waals surface area (Å²) >= 11 is 0. The number of furan rings is 1. The Morgan fingerprint density at radius 3 is 2.50 bits per heavy atom. The minimum atomic E-state index is -1.14. The summed E-state index contributed by atoms with van der Waals surface area (Å²) in [5.41, 5.74) is 5.07. The van der Waals surface area contributed by atoms with E-state index < -0.39 is 11.9 Å². The van der Waals surface area contributed by atoms with Crippen molar-refractivity contribution in [3.63, 3.8) is 0 Å². The molecule has 3 rings (SSSR count). The number of rotatable bonds is 6. The molecule has 24 heavy (non-hydrogen) atoms. The molecule has 122 valence electrons. The van der Waals surface area contributed by atoms with E-state index in [1.54, 1.807) is 22.9 Å². The van der Waals surface area contributed by atoms with E-state index in [4.69, 9.17) is 4.42 Å². The van der Waals surface area contributed by atoms with E-state index in [1.165, 1.54) is 6.26 Å². The van der Waals surface area contributed by atoms with Crippen LogP contribution in [0.25, 0.3) is 11.3 Å². The number of nitrogens with zero attached hydrogens (tertiary/aromatic N) is 1. The normalized spacial score (nSPS) is 10.5. The van der Waals surface area contributed by atoms with Gasteiger partial charge in [-0.3, -0.25) is 14.9 Å². The molecule has 0 aliphatic heterocycles. The highest BCUT2D eigenvalue weighted by atomic mass is 16.4. The van der Waals surface area contributed by atoms with E-state index in [9.17, 15) is 14.7 Å². The van der Waals surface area contributed by atoms with Crippen molar-refractivity contribution in [1.29, 1.82) is 0 Å². The predicted octanol–water partition coefficient (Wildman–Crippen LogP) is 1.81. The molecule has 0 spiro atoms. The molecule has 0 aliphatic rings. The third-order valence-corrected chi connectivity index (χ3v) is 3.57. The fourth-order valence-corrected chi connectivity index (χ4v) is 2.43. The number of nitrogens with one attached hydrogen (secondary N) is 1.